The number of nitrogens with zero attached hydrogens (tertiary/aromatic N) is 1. The molecular formula is C22H27NO2. The summed E-state index contributed by atoms with van der Waals surface area (Å²) in [7, 11) is 0. The van der Waals surface area contributed by atoms with E-state index in [1.807, 2.05) is 6.92 Å². The average molecular weight is 337 g/mol. The Morgan fingerprint density at radius 1 is 1.24 bits per heavy atom. The molecule has 0 aliphatic heterocycles. The fraction of sp³-hybridized carbons (Fsp3) is 0.682. The fourth-order valence-corrected chi connectivity index (χ4v) is 6.79. The number of hydrogen-bond acceptors (Lipinski definition) is 2. The SMILES string of the molecule is [C-]#[N+]/C(C)=C1/CC[C@H]2[C@@H]3CC=C4CC(=O)CC[C@]4(C)[C@H]3C(=O)C[C@]12C. The maximum Gasteiger partial charge on any atom is 0.162 e. The van der Waals surface area contributed by atoms with E-state index < -0.39 is 0 Å². The summed E-state index contributed by atoms with van der Waals surface area (Å²) in [6.45, 7) is 13.8. The number of fused-ring (bicyclic) bond motifs is 5. The first-order chi connectivity index (χ1) is 11.8. The zero-order valence-electron chi connectivity index (χ0n) is 15.5. The van der Waals surface area contributed by atoms with Gasteiger partial charge in [-0.25, -0.2) is 4.85 Å². The number of ketones is 2. The molecule has 0 aromatic rings. The minimum atomic E-state index is -0.126. The van der Waals surface area contributed by atoms with Crippen molar-refractivity contribution in [3.63, 3.8) is 0 Å². The zero-order valence-corrected chi connectivity index (χ0v) is 15.5. The molecule has 3 nitrogen and oxygen atoms in total. The van der Waals surface area contributed by atoms with Crippen LogP contribution in [0.5, 0.6) is 0 Å². The maximum atomic E-state index is 13.4. The molecule has 0 heterocycles. The van der Waals surface area contributed by atoms with Crippen LogP contribution in [0, 0.1) is 35.2 Å². The highest BCUT2D eigenvalue weighted by molar-refractivity contribution is 5.88. The number of Topliss-reactive ketones (excluding diaryl/α,β-unsaturated/α-hetero) is 2. The van der Waals surface area contributed by atoms with Crippen LogP contribution in [0.15, 0.2) is 22.9 Å². The van der Waals surface area contributed by atoms with Crippen LogP contribution >= 0.6 is 0 Å². The quantitative estimate of drug-likeness (QED) is 0.466. The predicted octanol–water partition coefficient (Wildman–Crippen LogP) is 4.89. The third kappa shape index (κ3) is 2.16. The lowest BCUT2D eigenvalue weighted by molar-refractivity contribution is -0.142. The molecule has 0 aromatic carbocycles. The van der Waals surface area contributed by atoms with E-state index >= 15 is 0 Å². The van der Waals surface area contributed by atoms with Crippen molar-refractivity contribution in [2.45, 2.75) is 65.7 Å². The molecule has 3 heteroatoms. The smallest absolute Gasteiger partial charge is 0.162 e. The molecular weight excluding hydrogens is 310 g/mol. The average Bonchev–Trinajstić information content (AvgIpc) is 2.91. The molecule has 0 N–H and O–H groups in total. The fourth-order valence-electron chi connectivity index (χ4n) is 6.79. The summed E-state index contributed by atoms with van der Waals surface area (Å²) in [5.41, 5.74) is 3.03. The van der Waals surface area contributed by atoms with Gasteiger partial charge in [-0.2, -0.15) is 0 Å². The maximum absolute atomic E-state index is 13.4. The van der Waals surface area contributed by atoms with Gasteiger partial charge in [0.25, 0.3) is 0 Å². The van der Waals surface area contributed by atoms with Gasteiger partial charge < -0.3 is 0 Å². The Bertz CT molecular complexity index is 767. The highest BCUT2D eigenvalue weighted by atomic mass is 16.1. The summed E-state index contributed by atoms with van der Waals surface area (Å²) >= 11 is 0. The van der Waals surface area contributed by atoms with Crippen molar-refractivity contribution in [1.82, 2.24) is 0 Å². The minimum Gasteiger partial charge on any atom is -0.299 e. The number of hydrogen-bond donors (Lipinski definition) is 0. The number of carbonyl (C=O) groups is 2. The van der Waals surface area contributed by atoms with Gasteiger partial charge in [0.15, 0.2) is 5.70 Å². The molecule has 0 spiro atoms. The number of allylic oxidation sites excluding steroid dienone is 4. The summed E-state index contributed by atoms with van der Waals surface area (Å²) in [4.78, 5) is 29.0. The number of rotatable bonds is 0. The van der Waals surface area contributed by atoms with Crippen molar-refractivity contribution < 1.29 is 9.59 Å². The molecule has 132 valence electrons. The molecule has 4 rings (SSSR count). The second-order valence-electron chi connectivity index (χ2n) is 9.12. The van der Waals surface area contributed by atoms with E-state index in [0.29, 0.717) is 42.7 Å². The molecule has 5 atom stereocenters. The highest BCUT2D eigenvalue weighted by Crippen LogP contribution is 2.65. The second kappa shape index (κ2) is 5.40. The van der Waals surface area contributed by atoms with Crippen molar-refractivity contribution in [2.75, 3.05) is 0 Å². The molecule has 3 saturated carbocycles. The monoisotopic (exact) mass is 337 g/mol. The van der Waals surface area contributed by atoms with Crippen molar-refractivity contribution in [3.05, 3.63) is 34.3 Å². The first-order valence-corrected chi connectivity index (χ1v) is 9.63. The first kappa shape index (κ1) is 16.8. The normalized spacial score (nSPS) is 45.0. The van der Waals surface area contributed by atoms with E-state index in [9.17, 15) is 9.59 Å². The van der Waals surface area contributed by atoms with Crippen LogP contribution in [0.25, 0.3) is 4.85 Å². The Balaban J connectivity index is 1.77. The van der Waals surface area contributed by atoms with Crippen LogP contribution in [0.1, 0.15) is 65.7 Å². The Morgan fingerprint density at radius 3 is 2.72 bits per heavy atom. The van der Waals surface area contributed by atoms with Crippen molar-refractivity contribution in [2.24, 2.45) is 28.6 Å². The third-order valence-electron chi connectivity index (χ3n) is 8.02. The summed E-state index contributed by atoms with van der Waals surface area (Å²) < 4.78 is 0. The summed E-state index contributed by atoms with van der Waals surface area (Å²) in [5.74, 6) is 1.65. The van der Waals surface area contributed by atoms with E-state index in [1.54, 1.807) is 0 Å². The van der Waals surface area contributed by atoms with Gasteiger partial charge in [0.2, 0.25) is 0 Å². The van der Waals surface area contributed by atoms with E-state index in [2.05, 4.69) is 24.8 Å². The van der Waals surface area contributed by atoms with Crippen LogP contribution in [-0.4, -0.2) is 11.6 Å². The van der Waals surface area contributed by atoms with Crippen LogP contribution in [-0.2, 0) is 9.59 Å². The molecule has 25 heavy (non-hydrogen) atoms. The molecule has 4 aliphatic carbocycles. The zero-order chi connectivity index (χ0) is 18.0. The van der Waals surface area contributed by atoms with Crippen molar-refractivity contribution in [1.29, 1.82) is 0 Å². The van der Waals surface area contributed by atoms with E-state index in [1.165, 1.54) is 11.1 Å². The van der Waals surface area contributed by atoms with Gasteiger partial charge in [0, 0.05) is 25.2 Å². The molecule has 0 aromatic heterocycles. The Labute approximate surface area is 150 Å². The van der Waals surface area contributed by atoms with Crippen LogP contribution < -0.4 is 0 Å². The molecule has 0 radical (unpaired) electrons. The van der Waals surface area contributed by atoms with Crippen LogP contribution in [0.4, 0.5) is 0 Å². The molecule has 0 unspecified atom stereocenters. The van der Waals surface area contributed by atoms with Gasteiger partial charge >= 0.3 is 0 Å². The highest BCUT2D eigenvalue weighted by Gasteiger charge is 2.60. The van der Waals surface area contributed by atoms with Gasteiger partial charge in [-0.05, 0) is 55.3 Å². The molecule has 0 saturated heterocycles. The van der Waals surface area contributed by atoms with Gasteiger partial charge in [-0.1, -0.05) is 31.1 Å². The lowest BCUT2D eigenvalue weighted by Gasteiger charge is -2.55. The van der Waals surface area contributed by atoms with Gasteiger partial charge in [0.1, 0.15) is 11.6 Å². The lowest BCUT2D eigenvalue weighted by Crippen LogP contribution is -2.53. The van der Waals surface area contributed by atoms with E-state index in [4.69, 9.17) is 6.57 Å². The minimum absolute atomic E-state index is 0.0753. The molecule has 3 fully saturated rings. The predicted molar refractivity (Wildman–Crippen MR) is 96.4 cm³/mol. The van der Waals surface area contributed by atoms with E-state index in [0.717, 1.165) is 31.4 Å². The van der Waals surface area contributed by atoms with Gasteiger partial charge in [-0.15, -0.1) is 0 Å². The van der Waals surface area contributed by atoms with Gasteiger partial charge in [0.05, 0.1) is 6.57 Å². The van der Waals surface area contributed by atoms with Crippen molar-refractivity contribution in [3.8, 4) is 0 Å². The lowest BCUT2D eigenvalue weighted by atomic mass is 9.47. The van der Waals surface area contributed by atoms with Crippen molar-refractivity contribution >= 4 is 11.6 Å². The molecule has 0 amide bonds. The molecule has 4 aliphatic rings. The van der Waals surface area contributed by atoms with Gasteiger partial charge in [-0.3, -0.25) is 9.59 Å². The number of carbonyl (C=O) groups excluding carboxylic acids is 2. The summed E-state index contributed by atoms with van der Waals surface area (Å²) in [5, 5.41) is 0. The summed E-state index contributed by atoms with van der Waals surface area (Å²) in [6, 6.07) is 0. The van der Waals surface area contributed by atoms with Crippen LogP contribution in [0.2, 0.25) is 0 Å². The largest absolute Gasteiger partial charge is 0.299 e. The first-order valence-electron chi connectivity index (χ1n) is 9.63. The van der Waals surface area contributed by atoms with Crippen LogP contribution in [0.3, 0.4) is 0 Å². The third-order valence-corrected chi connectivity index (χ3v) is 8.02. The summed E-state index contributed by atoms with van der Waals surface area (Å²) in [6.07, 6.45) is 7.88. The standard InChI is InChI=1S/C22H27NO2/c1-13(23-4)17-7-8-18-16-6-5-14-11-15(24)9-10-21(14,2)20(16)19(25)12-22(17,18)3/h5,16,18,20H,6-12H2,1-3H3/b17-13-/t16-,18-,20+,21-,22+/m0/s1. The van der Waals surface area contributed by atoms with E-state index in [-0.39, 0.29) is 16.7 Å². The Morgan fingerprint density at radius 2 is 2.00 bits per heavy atom. The topological polar surface area (TPSA) is 38.5 Å². The Kier molecular flexibility index (Phi) is 3.62. The Hall–Kier alpha value is -1.69. The second-order valence-corrected chi connectivity index (χ2v) is 9.12. The molecule has 0 bridgehead atoms.